The van der Waals surface area contributed by atoms with Crippen LogP contribution < -0.4 is 10.1 Å². The van der Waals surface area contributed by atoms with Crippen molar-refractivity contribution in [2.75, 3.05) is 18.9 Å². The molecule has 8 nitrogen and oxygen atoms in total. The molecule has 8 heteroatoms. The molecule has 2 amide bonds. The molecule has 3 heterocycles. The van der Waals surface area contributed by atoms with Crippen LogP contribution in [0.3, 0.4) is 0 Å². The number of carbonyl (C=O) groups excluding carboxylic acids is 2. The normalized spacial score (nSPS) is 15.0. The van der Waals surface area contributed by atoms with Gasteiger partial charge in [0.2, 0.25) is 5.91 Å². The number of carbonyl (C=O) groups is 2. The van der Waals surface area contributed by atoms with Crippen molar-refractivity contribution in [1.29, 1.82) is 0 Å². The molecule has 1 aliphatic rings. The SMILES string of the molecule is CN(C[C@H]1Cc2ccccc2O1)C(=O)Cn1cc(NC(=O)c2ccco2)cn1. The molecule has 28 heavy (non-hydrogen) atoms. The van der Waals surface area contributed by atoms with Gasteiger partial charge in [0.25, 0.3) is 5.91 Å². The maximum Gasteiger partial charge on any atom is 0.291 e. The molecule has 0 saturated heterocycles. The summed E-state index contributed by atoms with van der Waals surface area (Å²) in [6.07, 6.45) is 5.27. The van der Waals surface area contributed by atoms with E-state index in [9.17, 15) is 9.59 Å². The van der Waals surface area contributed by atoms with E-state index in [0.29, 0.717) is 12.2 Å². The first kappa shape index (κ1) is 17.8. The lowest BCUT2D eigenvalue weighted by Crippen LogP contribution is -2.38. The smallest absolute Gasteiger partial charge is 0.291 e. The van der Waals surface area contributed by atoms with Gasteiger partial charge in [-0.2, -0.15) is 5.10 Å². The Bertz CT molecular complexity index is 955. The van der Waals surface area contributed by atoms with Gasteiger partial charge in [-0.25, -0.2) is 0 Å². The topological polar surface area (TPSA) is 89.6 Å². The summed E-state index contributed by atoms with van der Waals surface area (Å²) in [5.41, 5.74) is 1.66. The number of ether oxygens (including phenoxy) is 1. The Morgan fingerprint density at radius 1 is 1.29 bits per heavy atom. The highest BCUT2D eigenvalue weighted by atomic mass is 16.5. The van der Waals surface area contributed by atoms with Gasteiger partial charge in [-0.15, -0.1) is 0 Å². The number of para-hydroxylation sites is 1. The van der Waals surface area contributed by atoms with Gasteiger partial charge in [0, 0.05) is 19.7 Å². The number of hydrogen-bond donors (Lipinski definition) is 1. The summed E-state index contributed by atoms with van der Waals surface area (Å²) in [6.45, 7) is 0.573. The highest BCUT2D eigenvalue weighted by Crippen LogP contribution is 2.28. The van der Waals surface area contributed by atoms with E-state index in [1.54, 1.807) is 30.3 Å². The lowest BCUT2D eigenvalue weighted by atomic mass is 10.1. The lowest BCUT2D eigenvalue weighted by molar-refractivity contribution is -0.131. The Balaban J connectivity index is 1.29. The molecule has 1 N–H and O–H groups in total. The third-order valence-corrected chi connectivity index (χ3v) is 4.55. The first-order chi connectivity index (χ1) is 13.6. The summed E-state index contributed by atoms with van der Waals surface area (Å²) < 4.78 is 12.4. The van der Waals surface area contributed by atoms with Crippen LogP contribution in [0.5, 0.6) is 5.75 Å². The van der Waals surface area contributed by atoms with E-state index < -0.39 is 0 Å². The molecule has 0 spiro atoms. The lowest BCUT2D eigenvalue weighted by Gasteiger charge is -2.21. The number of nitrogens with zero attached hydrogens (tertiary/aromatic N) is 3. The number of rotatable bonds is 6. The fraction of sp³-hybridized carbons (Fsp3) is 0.250. The zero-order valence-corrected chi connectivity index (χ0v) is 15.4. The first-order valence-corrected chi connectivity index (χ1v) is 8.94. The standard InChI is InChI=1S/C20H20N4O4/c1-23(12-16-9-14-5-2-3-6-17(14)28-16)19(25)13-24-11-15(10-21-24)22-20(26)18-7-4-8-27-18/h2-8,10-11,16H,9,12-13H2,1H3,(H,22,26)/t16-/m1/s1. The van der Waals surface area contributed by atoms with E-state index in [-0.39, 0.29) is 30.2 Å². The monoisotopic (exact) mass is 380 g/mol. The van der Waals surface area contributed by atoms with Gasteiger partial charge in [-0.05, 0) is 23.8 Å². The second kappa shape index (κ2) is 7.59. The average Bonchev–Trinajstić information content (AvgIpc) is 3.42. The van der Waals surface area contributed by atoms with Crippen molar-refractivity contribution in [2.45, 2.75) is 19.1 Å². The highest BCUT2D eigenvalue weighted by molar-refractivity contribution is 6.02. The largest absolute Gasteiger partial charge is 0.488 e. The fourth-order valence-corrected chi connectivity index (χ4v) is 3.14. The van der Waals surface area contributed by atoms with E-state index in [4.69, 9.17) is 9.15 Å². The maximum absolute atomic E-state index is 12.5. The Morgan fingerprint density at radius 3 is 2.93 bits per heavy atom. The van der Waals surface area contributed by atoms with Crippen LogP contribution in [-0.4, -0.2) is 46.2 Å². The maximum atomic E-state index is 12.5. The molecule has 0 saturated carbocycles. The number of fused-ring (bicyclic) bond motifs is 1. The van der Waals surface area contributed by atoms with E-state index >= 15 is 0 Å². The number of benzene rings is 1. The van der Waals surface area contributed by atoms with Crippen LogP contribution in [0, 0.1) is 0 Å². The number of anilines is 1. The third-order valence-electron chi connectivity index (χ3n) is 4.55. The van der Waals surface area contributed by atoms with Gasteiger partial charge in [-0.3, -0.25) is 14.3 Å². The van der Waals surface area contributed by atoms with Crippen LogP contribution in [-0.2, 0) is 17.8 Å². The molecular formula is C20H20N4O4. The minimum atomic E-state index is -0.369. The number of nitrogens with one attached hydrogen (secondary N) is 1. The first-order valence-electron chi connectivity index (χ1n) is 8.94. The van der Waals surface area contributed by atoms with Crippen LogP contribution in [0.15, 0.2) is 59.5 Å². The molecule has 1 aliphatic heterocycles. The number of furan rings is 1. The number of hydrogen-bond acceptors (Lipinski definition) is 5. The number of amides is 2. The predicted octanol–water partition coefficient (Wildman–Crippen LogP) is 2.19. The summed E-state index contributed by atoms with van der Waals surface area (Å²) in [6, 6.07) is 11.1. The minimum Gasteiger partial charge on any atom is -0.488 e. The molecule has 0 aliphatic carbocycles. The van der Waals surface area contributed by atoms with Gasteiger partial charge in [-0.1, -0.05) is 18.2 Å². The van der Waals surface area contributed by atoms with E-state index in [1.807, 2.05) is 24.3 Å². The van der Waals surface area contributed by atoms with Crippen LogP contribution in [0.25, 0.3) is 0 Å². The van der Waals surface area contributed by atoms with Crippen molar-refractivity contribution < 1.29 is 18.7 Å². The fourth-order valence-electron chi connectivity index (χ4n) is 3.14. The Kier molecular flexibility index (Phi) is 4.84. The zero-order chi connectivity index (χ0) is 19.5. The summed E-state index contributed by atoms with van der Waals surface area (Å²) in [7, 11) is 1.75. The summed E-state index contributed by atoms with van der Waals surface area (Å²) in [4.78, 5) is 26.1. The summed E-state index contributed by atoms with van der Waals surface area (Å²) >= 11 is 0. The molecule has 0 unspecified atom stereocenters. The number of aromatic nitrogens is 2. The van der Waals surface area contributed by atoms with Crippen molar-refractivity contribution in [1.82, 2.24) is 14.7 Å². The van der Waals surface area contributed by atoms with Gasteiger partial charge in [0.1, 0.15) is 18.4 Å². The molecule has 1 aromatic carbocycles. The van der Waals surface area contributed by atoms with E-state index in [0.717, 1.165) is 17.7 Å². The molecule has 0 radical (unpaired) electrons. The van der Waals surface area contributed by atoms with Gasteiger partial charge < -0.3 is 19.4 Å². The van der Waals surface area contributed by atoms with Crippen LogP contribution in [0.4, 0.5) is 5.69 Å². The quantitative estimate of drug-likeness (QED) is 0.708. The Labute approximate surface area is 161 Å². The molecule has 1 atom stereocenters. The van der Waals surface area contributed by atoms with Crippen molar-refractivity contribution >= 4 is 17.5 Å². The van der Waals surface area contributed by atoms with Crippen LogP contribution in [0.2, 0.25) is 0 Å². The molecule has 144 valence electrons. The summed E-state index contributed by atoms with van der Waals surface area (Å²) in [5, 5.41) is 6.80. The van der Waals surface area contributed by atoms with Crippen molar-refractivity contribution in [2.24, 2.45) is 0 Å². The molecule has 4 rings (SSSR count). The molecule has 0 fully saturated rings. The van der Waals surface area contributed by atoms with Gasteiger partial charge in [0.15, 0.2) is 5.76 Å². The van der Waals surface area contributed by atoms with E-state index in [2.05, 4.69) is 10.4 Å². The Hall–Kier alpha value is -3.55. The molecular weight excluding hydrogens is 360 g/mol. The molecule has 2 aromatic heterocycles. The van der Waals surface area contributed by atoms with Crippen molar-refractivity contribution in [3.63, 3.8) is 0 Å². The molecule has 0 bridgehead atoms. The van der Waals surface area contributed by atoms with Gasteiger partial charge >= 0.3 is 0 Å². The van der Waals surface area contributed by atoms with Crippen molar-refractivity contribution in [3.8, 4) is 5.75 Å². The third kappa shape index (κ3) is 3.90. The Morgan fingerprint density at radius 2 is 2.14 bits per heavy atom. The number of likely N-dealkylation sites (N-methyl/N-ethyl adjacent to an activating group) is 1. The van der Waals surface area contributed by atoms with Crippen LogP contribution in [0.1, 0.15) is 16.1 Å². The zero-order valence-electron chi connectivity index (χ0n) is 15.4. The van der Waals surface area contributed by atoms with Crippen LogP contribution >= 0.6 is 0 Å². The minimum absolute atomic E-state index is 0.0490. The highest BCUT2D eigenvalue weighted by Gasteiger charge is 2.25. The second-order valence-electron chi connectivity index (χ2n) is 6.68. The van der Waals surface area contributed by atoms with E-state index in [1.165, 1.54) is 17.1 Å². The average molecular weight is 380 g/mol. The second-order valence-corrected chi connectivity index (χ2v) is 6.68. The summed E-state index contributed by atoms with van der Waals surface area (Å²) in [5.74, 6) is 0.635. The van der Waals surface area contributed by atoms with Gasteiger partial charge in [0.05, 0.1) is 24.7 Å². The molecule has 3 aromatic rings. The predicted molar refractivity (Wildman–Crippen MR) is 101 cm³/mol. The van der Waals surface area contributed by atoms with Crippen molar-refractivity contribution in [3.05, 3.63) is 66.4 Å².